The topological polar surface area (TPSA) is 78.8 Å². The molecule has 5 nitrogen and oxygen atoms in total. The predicted molar refractivity (Wildman–Crippen MR) is 117 cm³/mol. The van der Waals surface area contributed by atoms with E-state index in [1.54, 1.807) is 30.3 Å². The molecule has 0 amide bonds. The Labute approximate surface area is 180 Å². The molecule has 0 saturated heterocycles. The molecule has 3 aromatic rings. The van der Waals surface area contributed by atoms with Gasteiger partial charge in [-0.1, -0.05) is 57.3 Å². The number of benzene rings is 3. The highest BCUT2D eigenvalue weighted by Gasteiger charge is 2.17. The largest absolute Gasteiger partial charge is 0.507 e. The smallest absolute Gasteiger partial charge is 0.261 e. The maximum atomic E-state index is 12.6. The van der Waals surface area contributed by atoms with Gasteiger partial charge in [-0.05, 0) is 42.5 Å². The lowest BCUT2D eigenvalue weighted by Gasteiger charge is -2.12. The fourth-order valence-electron chi connectivity index (χ4n) is 2.30. The third kappa shape index (κ3) is 4.86. The van der Waals surface area contributed by atoms with Crippen LogP contribution >= 0.6 is 39.1 Å². The molecule has 144 valence electrons. The molecule has 0 spiro atoms. The number of phenolic OH excluding ortho intramolecular Hbond substituents is 1. The first-order valence-corrected chi connectivity index (χ1v) is 10.9. The summed E-state index contributed by atoms with van der Waals surface area (Å²) in [4.78, 5) is 4.38. The number of halogens is 3. The van der Waals surface area contributed by atoms with Gasteiger partial charge in [0.05, 0.1) is 26.3 Å². The monoisotopic (exact) mass is 498 g/mol. The molecule has 0 fully saturated rings. The predicted octanol–water partition coefficient (Wildman–Crippen LogP) is 6.01. The molecule has 0 heterocycles. The highest BCUT2D eigenvalue weighted by atomic mass is 79.9. The summed E-state index contributed by atoms with van der Waals surface area (Å²) in [6.07, 6.45) is 1.40. The Morgan fingerprint density at radius 1 is 1.00 bits per heavy atom. The summed E-state index contributed by atoms with van der Waals surface area (Å²) >= 11 is 15.5. The molecule has 0 aromatic heterocycles. The van der Waals surface area contributed by atoms with Gasteiger partial charge in [-0.2, -0.15) is 0 Å². The van der Waals surface area contributed by atoms with E-state index in [1.165, 1.54) is 36.5 Å². The summed E-state index contributed by atoms with van der Waals surface area (Å²) in [7, 11) is -3.85. The quantitative estimate of drug-likeness (QED) is 0.421. The van der Waals surface area contributed by atoms with Crippen molar-refractivity contribution in [1.82, 2.24) is 0 Å². The average molecular weight is 500 g/mol. The van der Waals surface area contributed by atoms with Gasteiger partial charge in [0, 0.05) is 16.3 Å². The third-order valence-electron chi connectivity index (χ3n) is 3.67. The summed E-state index contributed by atoms with van der Waals surface area (Å²) in [5, 5.41) is 10.3. The first kappa shape index (κ1) is 20.7. The molecular formula is C19H13BrCl2N2O3S. The summed E-state index contributed by atoms with van der Waals surface area (Å²) in [5.41, 5.74) is 0.842. The number of aromatic hydroxyl groups is 1. The van der Waals surface area contributed by atoms with E-state index in [1.807, 2.05) is 0 Å². The van der Waals surface area contributed by atoms with Gasteiger partial charge in [-0.3, -0.25) is 9.71 Å². The van der Waals surface area contributed by atoms with Crippen LogP contribution in [-0.4, -0.2) is 19.7 Å². The molecule has 3 rings (SSSR count). The van der Waals surface area contributed by atoms with Gasteiger partial charge in [-0.15, -0.1) is 0 Å². The van der Waals surface area contributed by atoms with Crippen molar-refractivity contribution >= 4 is 66.7 Å². The van der Waals surface area contributed by atoms with E-state index in [4.69, 9.17) is 23.2 Å². The molecule has 0 atom stereocenters. The van der Waals surface area contributed by atoms with Crippen LogP contribution < -0.4 is 4.72 Å². The number of sulfonamides is 1. The van der Waals surface area contributed by atoms with Crippen LogP contribution in [0.5, 0.6) is 5.75 Å². The number of aliphatic imine (C=N–C) groups is 1. The normalized spacial score (nSPS) is 11.7. The summed E-state index contributed by atoms with van der Waals surface area (Å²) in [6, 6.07) is 15.6. The van der Waals surface area contributed by atoms with Gasteiger partial charge in [0.2, 0.25) is 0 Å². The Morgan fingerprint density at radius 3 is 2.39 bits per heavy atom. The molecule has 0 aliphatic heterocycles. The van der Waals surface area contributed by atoms with Gasteiger partial charge in [0.25, 0.3) is 10.0 Å². The van der Waals surface area contributed by atoms with Crippen LogP contribution in [0.15, 0.2) is 75.0 Å². The molecule has 28 heavy (non-hydrogen) atoms. The minimum atomic E-state index is -3.85. The first-order valence-electron chi connectivity index (χ1n) is 7.86. The van der Waals surface area contributed by atoms with Crippen molar-refractivity contribution < 1.29 is 13.5 Å². The summed E-state index contributed by atoms with van der Waals surface area (Å²) in [6.45, 7) is 0. The van der Waals surface area contributed by atoms with Crippen LogP contribution in [0.1, 0.15) is 5.56 Å². The average Bonchev–Trinajstić information content (AvgIpc) is 2.66. The summed E-state index contributed by atoms with van der Waals surface area (Å²) < 4.78 is 28.5. The Morgan fingerprint density at radius 2 is 1.68 bits per heavy atom. The molecular weight excluding hydrogens is 487 g/mol. The van der Waals surface area contributed by atoms with Crippen LogP contribution in [0, 0.1) is 0 Å². The zero-order chi connectivity index (χ0) is 20.3. The van der Waals surface area contributed by atoms with E-state index in [0.717, 1.165) is 4.47 Å². The van der Waals surface area contributed by atoms with Gasteiger partial charge < -0.3 is 5.11 Å². The number of nitrogens with zero attached hydrogens (tertiary/aromatic N) is 1. The van der Waals surface area contributed by atoms with Crippen LogP contribution in [0.2, 0.25) is 10.0 Å². The molecule has 3 aromatic carbocycles. The number of rotatable bonds is 5. The Hall–Kier alpha value is -2.06. The van der Waals surface area contributed by atoms with Crippen molar-refractivity contribution in [1.29, 1.82) is 0 Å². The van der Waals surface area contributed by atoms with Crippen molar-refractivity contribution in [2.75, 3.05) is 4.72 Å². The Balaban J connectivity index is 2.02. The number of hydrogen-bond acceptors (Lipinski definition) is 4. The Bertz CT molecular complexity index is 1150. The van der Waals surface area contributed by atoms with E-state index in [0.29, 0.717) is 5.56 Å². The van der Waals surface area contributed by atoms with Gasteiger partial charge >= 0.3 is 0 Å². The van der Waals surface area contributed by atoms with E-state index >= 15 is 0 Å². The van der Waals surface area contributed by atoms with E-state index in [-0.39, 0.29) is 32.1 Å². The number of hydrogen-bond donors (Lipinski definition) is 2. The Kier molecular flexibility index (Phi) is 6.30. The van der Waals surface area contributed by atoms with Crippen LogP contribution in [-0.2, 0) is 10.0 Å². The molecule has 2 N–H and O–H groups in total. The molecule has 0 aliphatic rings. The van der Waals surface area contributed by atoms with Crippen LogP contribution in [0.25, 0.3) is 0 Å². The van der Waals surface area contributed by atoms with E-state index < -0.39 is 10.0 Å². The van der Waals surface area contributed by atoms with Crippen LogP contribution in [0.4, 0.5) is 11.4 Å². The zero-order valence-electron chi connectivity index (χ0n) is 14.1. The number of nitrogens with one attached hydrogen (secondary N) is 1. The minimum Gasteiger partial charge on any atom is -0.507 e. The summed E-state index contributed by atoms with van der Waals surface area (Å²) in [5.74, 6) is 0.0263. The lowest BCUT2D eigenvalue weighted by atomic mass is 10.2. The SMILES string of the molecule is O=S(=O)(Nc1cc(Cl)c(Cl)cc1N=Cc1cc(Br)ccc1O)c1ccccc1. The maximum Gasteiger partial charge on any atom is 0.261 e. The lowest BCUT2D eigenvalue weighted by Crippen LogP contribution is -2.13. The lowest BCUT2D eigenvalue weighted by molar-refractivity contribution is 0.474. The van der Waals surface area contributed by atoms with E-state index in [9.17, 15) is 13.5 Å². The molecule has 0 bridgehead atoms. The van der Waals surface area contributed by atoms with Gasteiger partial charge in [-0.25, -0.2) is 8.42 Å². The second-order valence-electron chi connectivity index (χ2n) is 5.66. The fraction of sp³-hybridized carbons (Fsp3) is 0. The number of anilines is 1. The first-order chi connectivity index (χ1) is 13.3. The van der Waals surface area contributed by atoms with Crippen molar-refractivity contribution in [2.24, 2.45) is 4.99 Å². The van der Waals surface area contributed by atoms with Crippen molar-refractivity contribution in [2.45, 2.75) is 4.90 Å². The molecule has 9 heteroatoms. The molecule has 0 radical (unpaired) electrons. The molecule has 0 unspecified atom stereocenters. The molecule has 0 aliphatic carbocycles. The second kappa shape index (κ2) is 8.53. The van der Waals surface area contributed by atoms with Crippen molar-refractivity contribution in [3.63, 3.8) is 0 Å². The number of phenols is 1. The fourth-order valence-corrected chi connectivity index (χ4v) is 4.08. The van der Waals surface area contributed by atoms with Crippen molar-refractivity contribution in [3.05, 3.63) is 80.7 Å². The minimum absolute atomic E-state index is 0.0263. The van der Waals surface area contributed by atoms with Crippen molar-refractivity contribution in [3.8, 4) is 5.75 Å². The van der Waals surface area contributed by atoms with Gasteiger partial charge in [0.1, 0.15) is 5.75 Å². The highest BCUT2D eigenvalue weighted by Crippen LogP contribution is 2.36. The van der Waals surface area contributed by atoms with E-state index in [2.05, 4.69) is 25.6 Å². The third-order valence-corrected chi connectivity index (χ3v) is 6.27. The maximum absolute atomic E-state index is 12.6. The highest BCUT2D eigenvalue weighted by molar-refractivity contribution is 9.10. The zero-order valence-corrected chi connectivity index (χ0v) is 18.0. The molecule has 0 saturated carbocycles. The second-order valence-corrected chi connectivity index (χ2v) is 9.08. The van der Waals surface area contributed by atoms with Gasteiger partial charge in [0.15, 0.2) is 0 Å². The standard InChI is InChI=1S/C19H13BrCl2N2O3S/c20-13-6-7-19(25)12(8-13)11-23-17-9-15(21)16(22)10-18(17)24-28(26,27)14-4-2-1-3-5-14/h1-11,24-25H. The van der Waals surface area contributed by atoms with Crippen LogP contribution in [0.3, 0.4) is 0 Å².